The summed E-state index contributed by atoms with van der Waals surface area (Å²) in [7, 11) is 0. The second-order valence-corrected chi connectivity index (χ2v) is 10.5. The Morgan fingerprint density at radius 1 is 0.439 bits per heavy atom. The molecule has 9 aromatic rings. The maximum atomic E-state index is 6.32. The molecule has 3 heterocycles. The van der Waals surface area contributed by atoms with Gasteiger partial charge in [0.05, 0.1) is 22.1 Å². The van der Waals surface area contributed by atoms with Crippen LogP contribution in [0.2, 0.25) is 0 Å². The Morgan fingerprint density at radius 3 is 1.32 bits per heavy atom. The summed E-state index contributed by atoms with van der Waals surface area (Å²) >= 11 is 0. The van der Waals surface area contributed by atoms with Crippen molar-refractivity contribution in [2.45, 2.75) is 0 Å². The van der Waals surface area contributed by atoms with E-state index in [0.29, 0.717) is 5.89 Å². The number of oxazole rings is 1. The molecule has 41 heavy (non-hydrogen) atoms. The van der Waals surface area contributed by atoms with Crippen molar-refractivity contribution in [3.8, 4) is 22.8 Å². The number of benzene rings is 6. The van der Waals surface area contributed by atoms with Crippen LogP contribution in [0.3, 0.4) is 0 Å². The molecule has 4 nitrogen and oxygen atoms in total. The highest BCUT2D eigenvalue weighted by Crippen LogP contribution is 2.37. The van der Waals surface area contributed by atoms with Crippen molar-refractivity contribution >= 4 is 54.7 Å². The van der Waals surface area contributed by atoms with Gasteiger partial charge >= 0.3 is 0 Å². The summed E-state index contributed by atoms with van der Waals surface area (Å²) in [5.74, 6) is 0.607. The molecule has 6 aromatic carbocycles. The third-order valence-electron chi connectivity index (χ3n) is 8.12. The standard InChI is InChI=1S/C37H23N3O/c1-6-16-32-27(11-1)28-12-2-7-17-33(28)39(32)25-21-24(37-38-31-15-5-10-20-36(31)41-37)22-26(23-25)40-34-18-8-3-13-29(34)30-14-4-9-19-35(30)40/h1-23H. The fourth-order valence-electron chi connectivity index (χ4n) is 6.37. The zero-order chi connectivity index (χ0) is 26.9. The van der Waals surface area contributed by atoms with Crippen LogP contribution < -0.4 is 0 Å². The minimum absolute atomic E-state index is 0.607. The van der Waals surface area contributed by atoms with Crippen molar-refractivity contribution in [1.29, 1.82) is 0 Å². The molecule has 0 saturated heterocycles. The summed E-state index contributed by atoms with van der Waals surface area (Å²) in [5.41, 5.74) is 9.32. The highest BCUT2D eigenvalue weighted by atomic mass is 16.3. The van der Waals surface area contributed by atoms with Crippen LogP contribution in [0, 0.1) is 0 Å². The average Bonchev–Trinajstić information content (AvgIpc) is 3.71. The van der Waals surface area contributed by atoms with E-state index in [1.807, 2.05) is 24.3 Å². The summed E-state index contributed by atoms with van der Waals surface area (Å²) in [6, 6.07) is 49.1. The van der Waals surface area contributed by atoms with E-state index in [0.717, 1.165) is 50.1 Å². The van der Waals surface area contributed by atoms with Crippen LogP contribution in [0.1, 0.15) is 0 Å². The molecule has 0 radical (unpaired) electrons. The van der Waals surface area contributed by atoms with Gasteiger partial charge in [-0.25, -0.2) is 4.98 Å². The minimum Gasteiger partial charge on any atom is -0.436 e. The van der Waals surface area contributed by atoms with Crippen LogP contribution in [-0.4, -0.2) is 14.1 Å². The van der Waals surface area contributed by atoms with Gasteiger partial charge in [0.1, 0.15) is 5.52 Å². The van der Waals surface area contributed by atoms with Crippen molar-refractivity contribution in [3.63, 3.8) is 0 Å². The summed E-state index contributed by atoms with van der Waals surface area (Å²) in [6.07, 6.45) is 0. The van der Waals surface area contributed by atoms with E-state index < -0.39 is 0 Å². The van der Waals surface area contributed by atoms with E-state index in [9.17, 15) is 0 Å². The first-order chi connectivity index (χ1) is 20.3. The lowest BCUT2D eigenvalue weighted by Crippen LogP contribution is -2.00. The quantitative estimate of drug-likeness (QED) is 0.230. The minimum atomic E-state index is 0.607. The summed E-state index contributed by atoms with van der Waals surface area (Å²) in [6.45, 7) is 0. The third-order valence-corrected chi connectivity index (χ3v) is 8.12. The maximum absolute atomic E-state index is 6.32. The van der Waals surface area contributed by atoms with Crippen molar-refractivity contribution in [1.82, 2.24) is 14.1 Å². The van der Waals surface area contributed by atoms with Crippen molar-refractivity contribution < 1.29 is 4.42 Å². The SMILES string of the molecule is c1ccc2oc(-c3cc(-n4c5ccccc5c5ccccc54)cc(-n4c5ccccc5c5ccccc54)c3)nc2c1. The number of rotatable bonds is 3. The third kappa shape index (κ3) is 3.25. The van der Waals surface area contributed by atoms with Gasteiger partial charge in [0.15, 0.2) is 5.58 Å². The molecule has 0 atom stereocenters. The van der Waals surface area contributed by atoms with Gasteiger partial charge in [-0.3, -0.25) is 0 Å². The Bertz CT molecular complexity index is 2170. The fraction of sp³-hybridized carbons (Fsp3) is 0. The number of hydrogen-bond donors (Lipinski definition) is 0. The number of hydrogen-bond acceptors (Lipinski definition) is 2. The van der Waals surface area contributed by atoms with Crippen molar-refractivity contribution in [2.24, 2.45) is 0 Å². The zero-order valence-electron chi connectivity index (χ0n) is 22.0. The Labute approximate surface area is 235 Å². The first-order valence-corrected chi connectivity index (χ1v) is 13.8. The van der Waals surface area contributed by atoms with E-state index in [2.05, 4.69) is 124 Å². The maximum Gasteiger partial charge on any atom is 0.227 e. The van der Waals surface area contributed by atoms with Gasteiger partial charge in [0, 0.05) is 38.5 Å². The molecule has 0 spiro atoms. The molecule has 0 aliphatic heterocycles. The molecule has 3 aromatic heterocycles. The van der Waals surface area contributed by atoms with Gasteiger partial charge in [-0.05, 0) is 54.6 Å². The van der Waals surface area contributed by atoms with E-state index in [1.54, 1.807) is 0 Å². The molecular formula is C37H23N3O. The molecule has 192 valence electrons. The normalized spacial score (nSPS) is 11.9. The highest BCUT2D eigenvalue weighted by Gasteiger charge is 2.18. The van der Waals surface area contributed by atoms with Crippen molar-refractivity contribution in [3.05, 3.63) is 140 Å². The molecule has 0 aliphatic carbocycles. The molecular weight excluding hydrogens is 502 g/mol. The van der Waals surface area contributed by atoms with Crippen LogP contribution in [0.4, 0.5) is 0 Å². The summed E-state index contributed by atoms with van der Waals surface area (Å²) in [4.78, 5) is 4.89. The van der Waals surface area contributed by atoms with Crippen LogP contribution in [0.5, 0.6) is 0 Å². The van der Waals surface area contributed by atoms with Gasteiger partial charge in [-0.15, -0.1) is 0 Å². The van der Waals surface area contributed by atoms with Crippen LogP contribution in [-0.2, 0) is 0 Å². The van der Waals surface area contributed by atoms with Crippen molar-refractivity contribution in [2.75, 3.05) is 0 Å². The first-order valence-electron chi connectivity index (χ1n) is 13.8. The first kappa shape index (κ1) is 22.2. The molecule has 0 amide bonds. The van der Waals surface area contributed by atoms with E-state index in [-0.39, 0.29) is 0 Å². The average molecular weight is 526 g/mol. The van der Waals surface area contributed by atoms with Gasteiger partial charge in [0.25, 0.3) is 0 Å². The highest BCUT2D eigenvalue weighted by molar-refractivity contribution is 6.10. The number of para-hydroxylation sites is 6. The van der Waals surface area contributed by atoms with Gasteiger partial charge in [0.2, 0.25) is 5.89 Å². The van der Waals surface area contributed by atoms with Crippen LogP contribution in [0.15, 0.2) is 144 Å². The predicted molar refractivity (Wildman–Crippen MR) is 168 cm³/mol. The number of fused-ring (bicyclic) bond motifs is 7. The molecule has 0 aliphatic rings. The Kier molecular flexibility index (Phi) is 4.58. The topological polar surface area (TPSA) is 35.9 Å². The Balaban J connectivity index is 1.41. The summed E-state index contributed by atoms with van der Waals surface area (Å²) < 4.78 is 11.0. The van der Waals surface area contributed by atoms with E-state index >= 15 is 0 Å². The van der Waals surface area contributed by atoms with E-state index in [4.69, 9.17) is 9.40 Å². The molecule has 0 N–H and O–H groups in total. The molecule has 9 rings (SSSR count). The van der Waals surface area contributed by atoms with E-state index in [1.165, 1.54) is 21.5 Å². The fourth-order valence-corrected chi connectivity index (χ4v) is 6.37. The van der Waals surface area contributed by atoms with Gasteiger partial charge < -0.3 is 13.6 Å². The molecule has 0 saturated carbocycles. The lowest BCUT2D eigenvalue weighted by molar-refractivity contribution is 0.619. The monoisotopic (exact) mass is 525 g/mol. The van der Waals surface area contributed by atoms with Gasteiger partial charge in [-0.1, -0.05) is 84.9 Å². The predicted octanol–water partition coefficient (Wildman–Crippen LogP) is 9.69. The molecule has 4 heteroatoms. The molecule has 0 fully saturated rings. The van der Waals surface area contributed by atoms with Gasteiger partial charge in [-0.2, -0.15) is 0 Å². The lowest BCUT2D eigenvalue weighted by atomic mass is 10.1. The molecule has 0 unspecified atom stereocenters. The second-order valence-electron chi connectivity index (χ2n) is 10.5. The largest absolute Gasteiger partial charge is 0.436 e. The second kappa shape index (κ2) is 8.44. The molecule has 0 bridgehead atoms. The summed E-state index contributed by atoms with van der Waals surface area (Å²) in [5, 5.41) is 4.92. The van der Waals surface area contributed by atoms with Crippen LogP contribution in [0.25, 0.3) is 77.5 Å². The Morgan fingerprint density at radius 2 is 0.854 bits per heavy atom. The zero-order valence-corrected chi connectivity index (χ0v) is 22.0. The van der Waals surface area contributed by atoms with Crippen LogP contribution >= 0.6 is 0 Å². The lowest BCUT2D eigenvalue weighted by Gasteiger charge is -2.14. The number of aromatic nitrogens is 3. The number of nitrogens with zero attached hydrogens (tertiary/aromatic N) is 3. The smallest absolute Gasteiger partial charge is 0.227 e. The Hall–Kier alpha value is -5.61.